The van der Waals surface area contributed by atoms with E-state index in [1.54, 1.807) is 30.9 Å². The molecule has 2 aliphatic rings. The molecule has 1 unspecified atom stereocenters. The van der Waals surface area contributed by atoms with E-state index in [1.165, 1.54) is 5.69 Å². The third-order valence-corrected chi connectivity index (χ3v) is 7.45. The Balaban J connectivity index is 1.15. The van der Waals surface area contributed by atoms with Gasteiger partial charge >= 0.3 is 0 Å². The highest BCUT2D eigenvalue weighted by Gasteiger charge is 2.33. The number of fused-ring (bicyclic) bond motifs is 3. The van der Waals surface area contributed by atoms with Gasteiger partial charge in [0.1, 0.15) is 11.9 Å². The predicted molar refractivity (Wildman–Crippen MR) is 149 cm³/mol. The normalized spacial score (nSPS) is 17.3. The van der Waals surface area contributed by atoms with Gasteiger partial charge in [0.15, 0.2) is 11.5 Å². The number of hydrogen-bond acceptors (Lipinski definition) is 8. The van der Waals surface area contributed by atoms with Crippen LogP contribution in [0.25, 0.3) is 10.9 Å². The van der Waals surface area contributed by atoms with E-state index in [2.05, 4.69) is 49.7 Å². The lowest BCUT2D eigenvalue weighted by Crippen LogP contribution is -2.48. The minimum absolute atomic E-state index is 0.0826. The van der Waals surface area contributed by atoms with Crippen LogP contribution in [-0.4, -0.2) is 79.8 Å². The summed E-state index contributed by atoms with van der Waals surface area (Å²) in [7, 11) is 3.10. The van der Waals surface area contributed by atoms with Crippen molar-refractivity contribution in [1.82, 2.24) is 19.8 Å². The van der Waals surface area contributed by atoms with Gasteiger partial charge in [-0.2, -0.15) is 0 Å². The van der Waals surface area contributed by atoms with Gasteiger partial charge < -0.3 is 25.0 Å². The van der Waals surface area contributed by atoms with E-state index in [9.17, 15) is 9.59 Å². The number of piperazine rings is 1. The number of carbonyl (C=O) groups is 2. The Labute approximate surface area is 226 Å². The standard InChI is InChI=1S/C27H32N6O4S/c1-36-22-16-19-20(17-23(22)37-2)29-27(38)33-21(26(35)30-25(19)33)8-9-24(34)28-10-11-31-12-14-32(15-13-31)18-6-4-3-5-7-18/h3-7,16-17,21H,8-15H2,1-2H3,(H,28,34)(H,30,35). The first-order valence-corrected chi connectivity index (χ1v) is 13.2. The van der Waals surface area contributed by atoms with Crippen LogP contribution in [-0.2, 0) is 9.59 Å². The van der Waals surface area contributed by atoms with Gasteiger partial charge in [0.25, 0.3) is 0 Å². The summed E-state index contributed by atoms with van der Waals surface area (Å²) in [5.74, 6) is 1.33. The number of rotatable bonds is 9. The monoisotopic (exact) mass is 536 g/mol. The highest BCUT2D eigenvalue weighted by molar-refractivity contribution is 7.71. The molecule has 2 aliphatic heterocycles. The fraction of sp³-hybridized carbons (Fsp3) is 0.407. The summed E-state index contributed by atoms with van der Waals surface area (Å²) >= 11 is 5.52. The lowest BCUT2D eigenvalue weighted by molar-refractivity contribution is -0.122. The molecule has 1 saturated heterocycles. The molecule has 0 saturated carbocycles. The molecule has 1 atom stereocenters. The van der Waals surface area contributed by atoms with Crippen molar-refractivity contribution in [3.8, 4) is 11.5 Å². The average molecular weight is 537 g/mol. The van der Waals surface area contributed by atoms with E-state index in [1.807, 2.05) is 6.07 Å². The van der Waals surface area contributed by atoms with Crippen LogP contribution in [0.15, 0.2) is 42.5 Å². The van der Waals surface area contributed by atoms with E-state index in [0.717, 1.165) is 32.7 Å². The molecular weight excluding hydrogens is 504 g/mol. The number of para-hydroxylation sites is 1. The maximum absolute atomic E-state index is 12.9. The van der Waals surface area contributed by atoms with E-state index >= 15 is 0 Å². The van der Waals surface area contributed by atoms with Crippen LogP contribution in [0.2, 0.25) is 0 Å². The smallest absolute Gasteiger partial charge is 0.248 e. The molecule has 0 spiro atoms. The van der Waals surface area contributed by atoms with Crippen molar-refractivity contribution in [2.45, 2.75) is 18.9 Å². The molecule has 2 aromatic carbocycles. The Morgan fingerprint density at radius 1 is 1.11 bits per heavy atom. The molecule has 2 amide bonds. The minimum Gasteiger partial charge on any atom is -0.493 e. The van der Waals surface area contributed by atoms with Crippen LogP contribution in [0.3, 0.4) is 0 Å². The molecule has 1 fully saturated rings. The second kappa shape index (κ2) is 11.4. The summed E-state index contributed by atoms with van der Waals surface area (Å²) in [5.41, 5.74) is 1.85. The molecule has 0 aliphatic carbocycles. The lowest BCUT2D eigenvalue weighted by atomic mass is 10.1. The molecule has 10 nitrogen and oxygen atoms in total. The Morgan fingerprint density at radius 3 is 2.53 bits per heavy atom. The van der Waals surface area contributed by atoms with Crippen molar-refractivity contribution in [3.63, 3.8) is 0 Å². The number of hydrogen-bond donors (Lipinski definition) is 2. The third kappa shape index (κ3) is 5.30. The molecule has 11 heteroatoms. The van der Waals surface area contributed by atoms with Gasteiger partial charge in [-0.3, -0.25) is 19.1 Å². The van der Waals surface area contributed by atoms with Crippen molar-refractivity contribution in [3.05, 3.63) is 47.2 Å². The van der Waals surface area contributed by atoms with Crippen molar-refractivity contribution < 1.29 is 19.1 Å². The first-order valence-electron chi connectivity index (χ1n) is 12.8. The molecule has 2 N–H and O–H groups in total. The Kier molecular flexibility index (Phi) is 7.75. The van der Waals surface area contributed by atoms with E-state index < -0.39 is 6.04 Å². The second-order valence-corrected chi connectivity index (χ2v) is 9.76. The van der Waals surface area contributed by atoms with Gasteiger partial charge in [-0.1, -0.05) is 18.2 Å². The van der Waals surface area contributed by atoms with Crippen molar-refractivity contribution in [2.24, 2.45) is 0 Å². The maximum atomic E-state index is 12.9. The summed E-state index contributed by atoms with van der Waals surface area (Å²) in [6, 6.07) is 13.3. The summed E-state index contributed by atoms with van der Waals surface area (Å²) in [6.45, 7) is 5.23. The zero-order valence-electron chi connectivity index (χ0n) is 21.6. The van der Waals surface area contributed by atoms with Gasteiger partial charge in [-0.15, -0.1) is 0 Å². The van der Waals surface area contributed by atoms with Crippen LogP contribution in [0, 0.1) is 4.77 Å². The predicted octanol–water partition coefficient (Wildman–Crippen LogP) is 2.99. The van der Waals surface area contributed by atoms with Gasteiger partial charge in [-0.25, -0.2) is 4.98 Å². The Morgan fingerprint density at radius 2 is 1.82 bits per heavy atom. The molecular formula is C27H32N6O4S. The molecule has 0 bridgehead atoms. The fourth-order valence-corrected chi connectivity index (χ4v) is 5.42. The van der Waals surface area contributed by atoms with Crippen molar-refractivity contribution in [1.29, 1.82) is 0 Å². The topological polar surface area (TPSA) is 101 Å². The van der Waals surface area contributed by atoms with Crippen LogP contribution >= 0.6 is 12.2 Å². The van der Waals surface area contributed by atoms with Crippen LogP contribution in [0.5, 0.6) is 11.5 Å². The second-order valence-electron chi connectivity index (χ2n) is 9.40. The van der Waals surface area contributed by atoms with Gasteiger partial charge in [0.2, 0.25) is 16.6 Å². The number of methoxy groups -OCH3 is 2. The lowest BCUT2D eigenvalue weighted by Gasteiger charge is -2.36. The van der Waals surface area contributed by atoms with Crippen molar-refractivity contribution in [2.75, 3.05) is 63.7 Å². The molecule has 3 heterocycles. The van der Waals surface area contributed by atoms with E-state index in [0.29, 0.717) is 41.2 Å². The Hall–Kier alpha value is -3.70. The summed E-state index contributed by atoms with van der Waals surface area (Å²) in [4.78, 5) is 34.7. The molecule has 1 aromatic heterocycles. The first kappa shape index (κ1) is 25.9. The van der Waals surface area contributed by atoms with Gasteiger partial charge in [0, 0.05) is 62.8 Å². The van der Waals surface area contributed by atoms with Crippen LogP contribution in [0.1, 0.15) is 18.9 Å². The molecule has 38 heavy (non-hydrogen) atoms. The third-order valence-electron chi connectivity index (χ3n) is 7.16. The number of amides is 2. The quantitative estimate of drug-likeness (QED) is 0.403. The summed E-state index contributed by atoms with van der Waals surface area (Å²) < 4.78 is 12.8. The molecule has 0 radical (unpaired) electrons. The number of benzene rings is 2. The maximum Gasteiger partial charge on any atom is 0.248 e. The Bertz CT molecular complexity index is 1390. The number of nitrogens with one attached hydrogen (secondary N) is 2. The summed E-state index contributed by atoms with van der Waals surface area (Å²) in [6.07, 6.45) is 0.542. The van der Waals surface area contributed by atoms with Crippen molar-refractivity contribution >= 4 is 46.4 Å². The zero-order valence-corrected chi connectivity index (χ0v) is 22.4. The number of aromatic nitrogens is 2. The molecule has 5 rings (SSSR count). The molecule has 200 valence electrons. The van der Waals surface area contributed by atoms with Crippen LogP contribution in [0.4, 0.5) is 11.5 Å². The fourth-order valence-electron chi connectivity index (χ4n) is 5.11. The van der Waals surface area contributed by atoms with Gasteiger partial charge in [0.05, 0.1) is 19.7 Å². The molecule has 3 aromatic rings. The van der Waals surface area contributed by atoms with E-state index in [-0.39, 0.29) is 23.0 Å². The highest BCUT2D eigenvalue weighted by Crippen LogP contribution is 2.38. The van der Waals surface area contributed by atoms with Crippen LogP contribution < -0.4 is 25.0 Å². The highest BCUT2D eigenvalue weighted by atomic mass is 32.1. The average Bonchev–Trinajstić information content (AvgIpc) is 3.28. The van der Waals surface area contributed by atoms with Gasteiger partial charge in [-0.05, 0) is 36.8 Å². The number of carbonyl (C=O) groups excluding carboxylic acids is 2. The summed E-state index contributed by atoms with van der Waals surface area (Å²) in [5, 5.41) is 6.62. The van der Waals surface area contributed by atoms with E-state index in [4.69, 9.17) is 21.7 Å². The first-order chi connectivity index (χ1) is 18.5. The number of nitrogens with zero attached hydrogens (tertiary/aromatic N) is 4. The zero-order chi connectivity index (χ0) is 26.6. The number of ether oxygens (including phenoxy) is 2. The SMILES string of the molecule is COc1cc2nc(=S)n3c(c2cc1OC)NC(=O)C3CCC(=O)NCCN1CCN(c2ccccc2)CC1. The minimum atomic E-state index is -0.598. The number of anilines is 2. The largest absolute Gasteiger partial charge is 0.493 e.